The number of fused-ring (bicyclic) bond motifs is 1. The topological polar surface area (TPSA) is 153 Å². The first-order valence-corrected chi connectivity index (χ1v) is 8.55. The van der Waals surface area contributed by atoms with Crippen LogP contribution in [0.3, 0.4) is 0 Å². The highest BCUT2D eigenvalue weighted by Crippen LogP contribution is 2.20. The second kappa shape index (κ2) is 8.44. The van der Waals surface area contributed by atoms with E-state index < -0.39 is 17.6 Å². The van der Waals surface area contributed by atoms with Crippen LogP contribution in [0, 0.1) is 0 Å². The Kier molecular flexibility index (Phi) is 5.80. The molecule has 0 radical (unpaired) electrons. The maximum Gasteiger partial charge on any atom is 0.335 e. The molecule has 10 nitrogen and oxygen atoms in total. The number of nitrogens with two attached hydrogens (primary N) is 1. The van der Waals surface area contributed by atoms with Gasteiger partial charge in [0.25, 0.3) is 5.56 Å². The first-order chi connectivity index (χ1) is 13.5. The number of anilines is 1. The standard InChI is InChI=1S/C18H19N5O5/c1-2-27-17(26)12(24)8-11-15(25)21-14-13(20-11)16(23-18(19)22-14)28-9-10-6-4-3-5-7-10/h3-7,12,24H,2,8-9H2,1H3,(H3,19,21,22,23,25). The summed E-state index contributed by atoms with van der Waals surface area (Å²) >= 11 is 0. The molecule has 0 saturated carbocycles. The van der Waals surface area contributed by atoms with Crippen molar-refractivity contribution < 1.29 is 19.4 Å². The quantitative estimate of drug-likeness (QED) is 0.488. The number of carbonyl (C=O) groups excluding carboxylic acids is 1. The van der Waals surface area contributed by atoms with Crippen molar-refractivity contribution in [2.45, 2.75) is 26.1 Å². The lowest BCUT2D eigenvalue weighted by Crippen LogP contribution is -2.29. The highest BCUT2D eigenvalue weighted by Gasteiger charge is 2.21. The van der Waals surface area contributed by atoms with E-state index in [2.05, 4.69) is 19.9 Å². The first-order valence-electron chi connectivity index (χ1n) is 8.55. The summed E-state index contributed by atoms with van der Waals surface area (Å²) in [5.41, 5.74) is 6.15. The monoisotopic (exact) mass is 385 g/mol. The Hall–Kier alpha value is -3.53. The average Bonchev–Trinajstić information content (AvgIpc) is 2.68. The molecule has 1 unspecified atom stereocenters. The maximum atomic E-state index is 12.2. The number of H-pyrrole nitrogens is 1. The number of nitrogen functional groups attached to an aromatic ring is 1. The fourth-order valence-corrected chi connectivity index (χ4v) is 2.47. The van der Waals surface area contributed by atoms with Gasteiger partial charge in [0.15, 0.2) is 17.3 Å². The normalized spacial score (nSPS) is 11.9. The number of benzene rings is 1. The van der Waals surface area contributed by atoms with Crippen molar-refractivity contribution in [3.05, 3.63) is 51.9 Å². The molecule has 4 N–H and O–H groups in total. The first kappa shape index (κ1) is 19.2. The van der Waals surface area contributed by atoms with E-state index in [-0.39, 0.29) is 48.3 Å². The molecule has 2 aromatic heterocycles. The van der Waals surface area contributed by atoms with Crippen LogP contribution in [-0.2, 0) is 22.6 Å². The maximum absolute atomic E-state index is 12.2. The molecule has 0 aliphatic carbocycles. The van der Waals surface area contributed by atoms with Crippen molar-refractivity contribution in [1.82, 2.24) is 19.9 Å². The van der Waals surface area contributed by atoms with Crippen molar-refractivity contribution in [2.24, 2.45) is 0 Å². The third-order valence-electron chi connectivity index (χ3n) is 3.77. The third kappa shape index (κ3) is 4.41. The van der Waals surface area contributed by atoms with Gasteiger partial charge in [-0.05, 0) is 12.5 Å². The summed E-state index contributed by atoms with van der Waals surface area (Å²) in [6.07, 6.45) is -1.85. The zero-order valence-corrected chi connectivity index (χ0v) is 15.1. The minimum Gasteiger partial charge on any atom is -0.471 e. The molecule has 1 aromatic carbocycles. The molecule has 28 heavy (non-hydrogen) atoms. The summed E-state index contributed by atoms with van der Waals surface area (Å²) in [5, 5.41) is 9.91. The molecule has 0 amide bonds. The van der Waals surface area contributed by atoms with Gasteiger partial charge in [-0.25, -0.2) is 9.78 Å². The molecule has 1 atom stereocenters. The van der Waals surface area contributed by atoms with Crippen LogP contribution in [0.25, 0.3) is 11.2 Å². The molecule has 3 aromatic rings. The molecule has 0 spiro atoms. The third-order valence-corrected chi connectivity index (χ3v) is 3.77. The number of esters is 1. The van der Waals surface area contributed by atoms with E-state index in [0.29, 0.717) is 0 Å². The predicted molar refractivity (Wildman–Crippen MR) is 99.5 cm³/mol. The van der Waals surface area contributed by atoms with Crippen LogP contribution in [0.2, 0.25) is 0 Å². The van der Waals surface area contributed by atoms with E-state index in [0.717, 1.165) is 5.56 Å². The number of aliphatic hydroxyl groups excluding tert-OH is 1. The van der Waals surface area contributed by atoms with E-state index in [1.807, 2.05) is 30.3 Å². The number of nitrogens with one attached hydrogen (secondary N) is 1. The van der Waals surface area contributed by atoms with E-state index in [4.69, 9.17) is 15.2 Å². The fourth-order valence-electron chi connectivity index (χ4n) is 2.47. The Balaban J connectivity index is 1.93. The summed E-state index contributed by atoms with van der Waals surface area (Å²) < 4.78 is 10.4. The second-order valence-electron chi connectivity index (χ2n) is 5.84. The SMILES string of the molecule is CCOC(=O)C(O)Cc1nc2c(OCc3ccccc3)nc(N)nc2[nH]c1=O. The molecule has 0 bridgehead atoms. The van der Waals surface area contributed by atoms with Gasteiger partial charge in [-0.3, -0.25) is 4.79 Å². The molecule has 0 aliphatic heterocycles. The number of hydrogen-bond acceptors (Lipinski definition) is 9. The van der Waals surface area contributed by atoms with Gasteiger partial charge >= 0.3 is 5.97 Å². The fraction of sp³-hybridized carbons (Fsp3) is 0.278. The predicted octanol–water partition coefficient (Wildman–Crippen LogP) is 0.341. The molecule has 2 heterocycles. The minimum atomic E-state index is -1.52. The molecule has 0 aliphatic rings. The molecular formula is C18H19N5O5. The van der Waals surface area contributed by atoms with Crippen LogP contribution >= 0.6 is 0 Å². The summed E-state index contributed by atoms with van der Waals surface area (Å²) in [7, 11) is 0. The Labute approximate surface area is 159 Å². The molecule has 0 saturated heterocycles. The van der Waals surface area contributed by atoms with Crippen molar-refractivity contribution >= 4 is 23.1 Å². The van der Waals surface area contributed by atoms with Gasteiger partial charge < -0.3 is 25.3 Å². The molecular weight excluding hydrogens is 366 g/mol. The number of rotatable bonds is 7. The van der Waals surface area contributed by atoms with Gasteiger partial charge in [0.05, 0.1) is 6.61 Å². The van der Waals surface area contributed by atoms with Crippen molar-refractivity contribution in [2.75, 3.05) is 12.3 Å². The van der Waals surface area contributed by atoms with Crippen LogP contribution in [-0.4, -0.2) is 43.7 Å². The largest absolute Gasteiger partial charge is 0.471 e. The van der Waals surface area contributed by atoms with E-state index >= 15 is 0 Å². The number of aromatic amines is 1. The minimum absolute atomic E-state index is 0.0778. The van der Waals surface area contributed by atoms with Crippen molar-refractivity contribution in [3.8, 4) is 5.88 Å². The Morgan fingerprint density at radius 2 is 2.00 bits per heavy atom. The lowest BCUT2D eigenvalue weighted by molar-refractivity contribution is -0.152. The summed E-state index contributed by atoms with van der Waals surface area (Å²) in [6, 6.07) is 9.38. The van der Waals surface area contributed by atoms with Gasteiger partial charge in [0, 0.05) is 6.42 Å². The number of hydrogen-bond donors (Lipinski definition) is 3. The van der Waals surface area contributed by atoms with E-state index in [1.54, 1.807) is 6.92 Å². The second-order valence-corrected chi connectivity index (χ2v) is 5.84. The van der Waals surface area contributed by atoms with Crippen LogP contribution in [0.5, 0.6) is 5.88 Å². The smallest absolute Gasteiger partial charge is 0.335 e. The molecule has 3 rings (SSSR count). The van der Waals surface area contributed by atoms with Gasteiger partial charge in [-0.2, -0.15) is 9.97 Å². The van der Waals surface area contributed by atoms with Crippen molar-refractivity contribution in [1.29, 1.82) is 0 Å². The Bertz CT molecular complexity index is 1040. The molecule has 0 fully saturated rings. The lowest BCUT2D eigenvalue weighted by atomic mass is 10.2. The Morgan fingerprint density at radius 3 is 2.71 bits per heavy atom. The number of aromatic nitrogens is 4. The van der Waals surface area contributed by atoms with Gasteiger partial charge in [0.1, 0.15) is 12.3 Å². The summed E-state index contributed by atoms with van der Waals surface area (Å²) in [6.45, 7) is 1.93. The number of nitrogens with zero attached hydrogens (tertiary/aromatic N) is 3. The van der Waals surface area contributed by atoms with Crippen LogP contribution in [0.15, 0.2) is 35.1 Å². The summed E-state index contributed by atoms with van der Waals surface area (Å²) in [5.74, 6) is -0.847. The highest BCUT2D eigenvalue weighted by atomic mass is 16.5. The van der Waals surface area contributed by atoms with Crippen LogP contribution in [0.4, 0.5) is 5.95 Å². The molecule has 146 valence electrons. The van der Waals surface area contributed by atoms with E-state index in [1.165, 1.54) is 0 Å². The number of ether oxygens (including phenoxy) is 2. The van der Waals surface area contributed by atoms with Gasteiger partial charge in [-0.15, -0.1) is 0 Å². The number of aliphatic hydroxyl groups is 1. The average molecular weight is 385 g/mol. The zero-order valence-electron chi connectivity index (χ0n) is 15.1. The molecule has 10 heteroatoms. The number of carbonyl (C=O) groups is 1. The highest BCUT2D eigenvalue weighted by molar-refractivity contribution is 5.77. The van der Waals surface area contributed by atoms with E-state index in [9.17, 15) is 14.7 Å². The Morgan fingerprint density at radius 1 is 1.25 bits per heavy atom. The van der Waals surface area contributed by atoms with Crippen molar-refractivity contribution in [3.63, 3.8) is 0 Å². The van der Waals surface area contributed by atoms with Gasteiger partial charge in [0.2, 0.25) is 11.8 Å². The van der Waals surface area contributed by atoms with Gasteiger partial charge in [-0.1, -0.05) is 30.3 Å². The summed E-state index contributed by atoms with van der Waals surface area (Å²) in [4.78, 5) is 38.5. The van der Waals surface area contributed by atoms with Crippen LogP contribution in [0.1, 0.15) is 18.2 Å². The van der Waals surface area contributed by atoms with Crippen LogP contribution < -0.4 is 16.0 Å². The zero-order chi connectivity index (χ0) is 20.1. The lowest BCUT2D eigenvalue weighted by Gasteiger charge is -2.11.